The highest BCUT2D eigenvalue weighted by atomic mass is 16.6. The van der Waals surface area contributed by atoms with Crippen LogP contribution in [0.25, 0.3) is 0 Å². The Morgan fingerprint density at radius 3 is 2.63 bits per heavy atom. The molecule has 0 bridgehead atoms. The molecule has 1 saturated heterocycles. The number of carbonyl (C=O) groups excluding carboxylic acids is 1. The van der Waals surface area contributed by atoms with Gasteiger partial charge in [0, 0.05) is 45.1 Å². The molecule has 1 aliphatic rings. The van der Waals surface area contributed by atoms with Gasteiger partial charge in [-0.15, -0.1) is 0 Å². The van der Waals surface area contributed by atoms with Crippen molar-refractivity contribution in [3.63, 3.8) is 0 Å². The van der Waals surface area contributed by atoms with Crippen LogP contribution in [0, 0.1) is 10.1 Å². The minimum absolute atomic E-state index is 0.0258. The summed E-state index contributed by atoms with van der Waals surface area (Å²) in [5, 5.41) is 10.8. The van der Waals surface area contributed by atoms with E-state index in [1.165, 1.54) is 12.1 Å². The normalized spacial score (nSPS) is 14.8. The zero-order valence-corrected chi connectivity index (χ0v) is 15.0. The maximum Gasteiger partial charge on any atom is 0.433 e. The summed E-state index contributed by atoms with van der Waals surface area (Å²) >= 11 is 0. The molecule has 3 rings (SSSR count). The van der Waals surface area contributed by atoms with Gasteiger partial charge in [-0.3, -0.25) is 24.8 Å². The van der Waals surface area contributed by atoms with Crippen molar-refractivity contribution in [2.75, 3.05) is 39.4 Å². The first-order chi connectivity index (χ1) is 13.1. The molecular weight excluding hydrogens is 352 g/mol. The molecule has 1 fully saturated rings. The quantitative estimate of drug-likeness (QED) is 0.514. The number of hydrogen-bond donors (Lipinski definition) is 0. The Bertz CT molecular complexity index is 758. The molecule has 1 amide bonds. The van der Waals surface area contributed by atoms with Gasteiger partial charge < -0.3 is 14.1 Å². The lowest BCUT2D eigenvalue weighted by atomic mass is 10.2. The third-order valence-electron chi connectivity index (χ3n) is 4.40. The van der Waals surface area contributed by atoms with Crippen LogP contribution in [0.5, 0.6) is 0 Å². The number of nitro groups is 1. The van der Waals surface area contributed by atoms with Gasteiger partial charge in [0.25, 0.3) is 5.91 Å². The smallest absolute Gasteiger partial charge is 0.395 e. The van der Waals surface area contributed by atoms with E-state index in [2.05, 4.69) is 9.88 Å². The van der Waals surface area contributed by atoms with E-state index in [0.29, 0.717) is 13.1 Å². The van der Waals surface area contributed by atoms with E-state index in [4.69, 9.17) is 9.15 Å². The summed E-state index contributed by atoms with van der Waals surface area (Å²) in [6.45, 7) is 5.02. The molecule has 144 valence electrons. The van der Waals surface area contributed by atoms with Crippen LogP contribution in [0.1, 0.15) is 22.5 Å². The van der Waals surface area contributed by atoms with Gasteiger partial charge >= 0.3 is 5.88 Å². The second-order valence-corrected chi connectivity index (χ2v) is 6.28. The van der Waals surface area contributed by atoms with Gasteiger partial charge in [0.15, 0.2) is 5.76 Å². The molecule has 9 nitrogen and oxygen atoms in total. The Hall–Kier alpha value is -2.78. The van der Waals surface area contributed by atoms with Crippen molar-refractivity contribution in [1.82, 2.24) is 14.8 Å². The van der Waals surface area contributed by atoms with E-state index < -0.39 is 10.8 Å². The topological polar surface area (TPSA) is 102 Å². The largest absolute Gasteiger partial charge is 0.433 e. The van der Waals surface area contributed by atoms with Crippen molar-refractivity contribution in [3.8, 4) is 0 Å². The Balaban J connectivity index is 1.66. The van der Waals surface area contributed by atoms with Crippen molar-refractivity contribution in [3.05, 3.63) is 58.1 Å². The van der Waals surface area contributed by atoms with E-state index in [9.17, 15) is 14.9 Å². The third-order valence-corrected chi connectivity index (χ3v) is 4.40. The van der Waals surface area contributed by atoms with Crippen molar-refractivity contribution >= 4 is 11.8 Å². The van der Waals surface area contributed by atoms with E-state index in [1.54, 1.807) is 17.3 Å². The highest BCUT2D eigenvalue weighted by Crippen LogP contribution is 2.18. The predicted molar refractivity (Wildman–Crippen MR) is 96.2 cm³/mol. The lowest BCUT2D eigenvalue weighted by molar-refractivity contribution is -0.402. The minimum atomic E-state index is -0.650. The first kappa shape index (κ1) is 19.0. The lowest BCUT2D eigenvalue weighted by Gasteiger charge is -2.28. The van der Waals surface area contributed by atoms with Crippen LogP contribution in [-0.4, -0.2) is 65.0 Å². The van der Waals surface area contributed by atoms with Crippen molar-refractivity contribution < 1.29 is 18.9 Å². The summed E-state index contributed by atoms with van der Waals surface area (Å²) in [6.07, 6.45) is 4.13. The Kier molecular flexibility index (Phi) is 6.50. The summed E-state index contributed by atoms with van der Waals surface area (Å²) < 4.78 is 10.4. The van der Waals surface area contributed by atoms with E-state index >= 15 is 0 Å². The molecule has 1 aliphatic heterocycles. The molecule has 0 radical (unpaired) electrons. The van der Waals surface area contributed by atoms with Gasteiger partial charge in [0.2, 0.25) is 0 Å². The first-order valence-corrected chi connectivity index (χ1v) is 8.86. The van der Waals surface area contributed by atoms with Gasteiger partial charge in [0.1, 0.15) is 4.92 Å². The molecule has 0 atom stereocenters. The molecule has 27 heavy (non-hydrogen) atoms. The molecule has 0 saturated carbocycles. The zero-order chi connectivity index (χ0) is 19.1. The summed E-state index contributed by atoms with van der Waals surface area (Å²) in [7, 11) is 0. The lowest BCUT2D eigenvalue weighted by Crippen LogP contribution is -2.39. The van der Waals surface area contributed by atoms with E-state index in [0.717, 1.165) is 44.8 Å². The van der Waals surface area contributed by atoms with Crippen LogP contribution in [0.3, 0.4) is 0 Å². The third kappa shape index (κ3) is 5.35. The molecular formula is C18H22N4O5. The second-order valence-electron chi connectivity index (χ2n) is 6.28. The fourth-order valence-electron chi connectivity index (χ4n) is 2.97. The molecule has 9 heteroatoms. The number of rotatable bonds is 8. The Morgan fingerprint density at radius 2 is 1.96 bits per heavy atom. The molecule has 2 aromatic heterocycles. The van der Waals surface area contributed by atoms with Crippen LogP contribution in [-0.2, 0) is 11.3 Å². The number of amides is 1. The standard InChI is InChI=1S/C18H22N4O5/c23-18(16-2-3-17(27-16)22(24)25)21(14-15-4-6-19-7-5-15)9-1-8-20-10-12-26-13-11-20/h2-7H,1,8-14H2. The number of ether oxygens (including phenoxy) is 1. The first-order valence-electron chi connectivity index (χ1n) is 8.86. The SMILES string of the molecule is O=C(c1ccc([N+](=O)[O-])o1)N(CCCN1CCOCC1)Cc1ccncc1. The fourth-order valence-corrected chi connectivity index (χ4v) is 2.97. The number of carbonyl (C=O) groups is 1. The number of hydrogen-bond acceptors (Lipinski definition) is 7. The summed E-state index contributed by atoms with van der Waals surface area (Å²) in [4.78, 5) is 30.9. The highest BCUT2D eigenvalue weighted by Gasteiger charge is 2.23. The van der Waals surface area contributed by atoms with Gasteiger partial charge in [-0.25, -0.2) is 0 Å². The number of pyridine rings is 1. The average molecular weight is 374 g/mol. The van der Waals surface area contributed by atoms with Crippen molar-refractivity contribution in [2.24, 2.45) is 0 Å². The minimum Gasteiger partial charge on any atom is -0.395 e. The summed E-state index contributed by atoms with van der Waals surface area (Å²) in [5.74, 6) is -0.820. The summed E-state index contributed by atoms with van der Waals surface area (Å²) in [6, 6.07) is 6.23. The molecule has 0 N–H and O–H groups in total. The van der Waals surface area contributed by atoms with Gasteiger partial charge in [0.05, 0.1) is 19.3 Å². The number of morpholine rings is 1. The zero-order valence-electron chi connectivity index (χ0n) is 15.0. The van der Waals surface area contributed by atoms with E-state index in [1.807, 2.05) is 12.1 Å². The average Bonchev–Trinajstić information content (AvgIpc) is 3.19. The van der Waals surface area contributed by atoms with Crippen LogP contribution in [0.15, 0.2) is 41.1 Å². The Labute approximate surface area is 156 Å². The monoisotopic (exact) mass is 374 g/mol. The number of nitrogens with zero attached hydrogens (tertiary/aromatic N) is 4. The van der Waals surface area contributed by atoms with Crippen molar-refractivity contribution in [2.45, 2.75) is 13.0 Å². The van der Waals surface area contributed by atoms with E-state index in [-0.39, 0.29) is 11.7 Å². The maximum atomic E-state index is 12.8. The highest BCUT2D eigenvalue weighted by molar-refractivity contribution is 5.91. The predicted octanol–water partition coefficient (Wildman–Crippen LogP) is 1.95. The van der Waals surface area contributed by atoms with Crippen molar-refractivity contribution in [1.29, 1.82) is 0 Å². The second kappa shape index (κ2) is 9.24. The number of furan rings is 1. The molecule has 3 heterocycles. The molecule has 0 spiro atoms. The molecule has 0 aliphatic carbocycles. The summed E-state index contributed by atoms with van der Waals surface area (Å²) in [5.41, 5.74) is 0.936. The maximum absolute atomic E-state index is 12.8. The Morgan fingerprint density at radius 1 is 1.22 bits per heavy atom. The fraction of sp³-hybridized carbons (Fsp3) is 0.444. The van der Waals surface area contributed by atoms with Gasteiger partial charge in [-0.2, -0.15) is 0 Å². The van der Waals surface area contributed by atoms with Crippen LogP contribution >= 0.6 is 0 Å². The number of aromatic nitrogens is 1. The molecule has 0 aromatic carbocycles. The van der Waals surface area contributed by atoms with Gasteiger partial charge in [-0.05, 0) is 30.2 Å². The van der Waals surface area contributed by atoms with Crippen LogP contribution < -0.4 is 0 Å². The molecule has 0 unspecified atom stereocenters. The van der Waals surface area contributed by atoms with Crippen LogP contribution in [0.4, 0.5) is 5.88 Å². The van der Waals surface area contributed by atoms with Crippen LogP contribution in [0.2, 0.25) is 0 Å². The van der Waals surface area contributed by atoms with Gasteiger partial charge in [-0.1, -0.05) is 0 Å². The molecule has 2 aromatic rings.